The van der Waals surface area contributed by atoms with Gasteiger partial charge in [0.05, 0.1) is 5.41 Å². The Hall–Kier alpha value is -1.40. The maximum absolute atomic E-state index is 11.5. The standard InChI is InChI=1S/C16H20N4OS.ClH/c1-19-14(16(7-8-16)13-5-3-2-4-6-13)17-18-15(19)20-9-11-22(21)12-10-20;/h2-6H,7-12H2,1H3;1H. The Morgan fingerprint density at radius 2 is 1.74 bits per heavy atom. The minimum absolute atomic E-state index is 0. The summed E-state index contributed by atoms with van der Waals surface area (Å²) in [5.74, 6) is 3.42. The maximum Gasteiger partial charge on any atom is 0.227 e. The van der Waals surface area contributed by atoms with E-state index in [1.807, 2.05) is 0 Å². The first-order chi connectivity index (χ1) is 10.7. The van der Waals surface area contributed by atoms with Gasteiger partial charge in [-0.3, -0.25) is 8.78 Å². The first kappa shape index (κ1) is 16.5. The fourth-order valence-corrected chi connectivity index (χ4v) is 4.43. The first-order valence-corrected chi connectivity index (χ1v) is 9.25. The molecule has 0 spiro atoms. The third-order valence-corrected chi connectivity index (χ3v) is 6.09. The Morgan fingerprint density at radius 3 is 2.35 bits per heavy atom. The molecule has 2 aromatic rings. The van der Waals surface area contributed by atoms with Crippen LogP contribution in [0.25, 0.3) is 0 Å². The highest BCUT2D eigenvalue weighted by Gasteiger charge is 2.50. The van der Waals surface area contributed by atoms with Crippen LogP contribution in [-0.4, -0.2) is 43.6 Å². The largest absolute Gasteiger partial charge is 0.339 e. The van der Waals surface area contributed by atoms with Crippen LogP contribution < -0.4 is 4.90 Å². The molecule has 0 atom stereocenters. The van der Waals surface area contributed by atoms with Gasteiger partial charge in [-0.25, -0.2) is 0 Å². The van der Waals surface area contributed by atoms with Gasteiger partial charge in [0, 0.05) is 42.4 Å². The van der Waals surface area contributed by atoms with Crippen LogP contribution in [0.3, 0.4) is 0 Å². The number of halogens is 1. The smallest absolute Gasteiger partial charge is 0.227 e. The van der Waals surface area contributed by atoms with Crippen molar-refractivity contribution >= 4 is 29.2 Å². The first-order valence-electron chi connectivity index (χ1n) is 7.76. The lowest BCUT2D eigenvalue weighted by molar-refractivity contribution is 0.662. The van der Waals surface area contributed by atoms with Gasteiger partial charge in [-0.15, -0.1) is 22.6 Å². The minimum atomic E-state index is -0.668. The minimum Gasteiger partial charge on any atom is -0.339 e. The van der Waals surface area contributed by atoms with Gasteiger partial charge >= 0.3 is 0 Å². The van der Waals surface area contributed by atoms with E-state index in [0.717, 1.165) is 49.2 Å². The quantitative estimate of drug-likeness (QED) is 0.846. The summed E-state index contributed by atoms with van der Waals surface area (Å²) in [6, 6.07) is 10.6. The Bertz CT molecular complexity index is 704. The molecule has 4 rings (SSSR count). The molecule has 124 valence electrons. The van der Waals surface area contributed by atoms with Crippen molar-refractivity contribution in [1.29, 1.82) is 0 Å². The Morgan fingerprint density at radius 1 is 1.09 bits per heavy atom. The van der Waals surface area contributed by atoms with Crippen LogP contribution in [0, 0.1) is 0 Å². The van der Waals surface area contributed by atoms with E-state index in [1.54, 1.807) is 0 Å². The zero-order valence-corrected chi connectivity index (χ0v) is 14.8. The monoisotopic (exact) mass is 352 g/mol. The Balaban J connectivity index is 0.00000156. The summed E-state index contributed by atoms with van der Waals surface area (Å²) in [4.78, 5) is 2.21. The van der Waals surface area contributed by atoms with E-state index in [4.69, 9.17) is 0 Å². The van der Waals surface area contributed by atoms with Crippen LogP contribution in [0.5, 0.6) is 0 Å². The SMILES string of the molecule is Cl.Cn1c(N2CCS(=O)CC2)nnc1C1(c2ccccc2)CC1. The van der Waals surface area contributed by atoms with Gasteiger partial charge in [0.25, 0.3) is 0 Å². The lowest BCUT2D eigenvalue weighted by Crippen LogP contribution is -2.39. The van der Waals surface area contributed by atoms with Crippen molar-refractivity contribution in [2.45, 2.75) is 18.3 Å². The molecule has 7 heteroatoms. The summed E-state index contributed by atoms with van der Waals surface area (Å²) in [6.07, 6.45) is 2.26. The predicted octanol–water partition coefficient (Wildman–Crippen LogP) is 1.89. The van der Waals surface area contributed by atoms with Crippen molar-refractivity contribution in [1.82, 2.24) is 14.8 Å². The topological polar surface area (TPSA) is 51.0 Å². The highest BCUT2D eigenvalue weighted by molar-refractivity contribution is 7.85. The molecule has 5 nitrogen and oxygen atoms in total. The average molecular weight is 353 g/mol. The van der Waals surface area contributed by atoms with Crippen LogP contribution >= 0.6 is 12.4 Å². The van der Waals surface area contributed by atoms with Crippen molar-refractivity contribution in [2.75, 3.05) is 29.5 Å². The van der Waals surface area contributed by atoms with Crippen molar-refractivity contribution < 1.29 is 4.21 Å². The van der Waals surface area contributed by atoms with Crippen molar-refractivity contribution in [3.05, 3.63) is 41.7 Å². The van der Waals surface area contributed by atoms with Crippen molar-refractivity contribution in [3.63, 3.8) is 0 Å². The zero-order valence-electron chi connectivity index (χ0n) is 13.1. The lowest BCUT2D eigenvalue weighted by Gasteiger charge is -2.27. The molecule has 2 heterocycles. The van der Waals surface area contributed by atoms with E-state index >= 15 is 0 Å². The molecule has 0 unspecified atom stereocenters. The van der Waals surface area contributed by atoms with Crippen LogP contribution in [-0.2, 0) is 23.3 Å². The summed E-state index contributed by atoms with van der Waals surface area (Å²) in [5.41, 5.74) is 1.37. The molecule has 1 aliphatic heterocycles. The number of aromatic nitrogens is 3. The van der Waals surface area contributed by atoms with Crippen molar-refractivity contribution in [3.8, 4) is 0 Å². The molecule has 2 aliphatic rings. The third-order valence-electron chi connectivity index (χ3n) is 4.82. The summed E-state index contributed by atoms with van der Waals surface area (Å²) in [7, 11) is 1.39. The summed E-state index contributed by atoms with van der Waals surface area (Å²) < 4.78 is 13.7. The molecule has 23 heavy (non-hydrogen) atoms. The lowest BCUT2D eigenvalue weighted by atomic mass is 9.95. The highest BCUT2D eigenvalue weighted by atomic mass is 35.5. The number of nitrogens with zero attached hydrogens (tertiary/aromatic N) is 4. The van der Waals surface area contributed by atoms with E-state index in [0.29, 0.717) is 0 Å². The van der Waals surface area contributed by atoms with Gasteiger partial charge in [0.1, 0.15) is 5.82 Å². The molecule has 0 amide bonds. The molecule has 1 aliphatic carbocycles. The number of benzene rings is 1. The average Bonchev–Trinajstić information content (AvgIpc) is 3.27. The normalized spacial score (nSPS) is 20.1. The van der Waals surface area contributed by atoms with E-state index < -0.39 is 10.8 Å². The molecular formula is C16H21ClN4OS. The van der Waals surface area contributed by atoms with Gasteiger partial charge in [0.15, 0.2) is 0 Å². The van der Waals surface area contributed by atoms with Gasteiger partial charge in [0.2, 0.25) is 5.95 Å². The zero-order chi connectivity index (χ0) is 15.2. The summed E-state index contributed by atoms with van der Waals surface area (Å²) in [5, 5.41) is 8.95. The molecule has 0 radical (unpaired) electrons. The number of anilines is 1. The Labute approximate surface area is 145 Å². The fourth-order valence-electron chi connectivity index (χ4n) is 3.37. The number of hydrogen-bond acceptors (Lipinski definition) is 4. The second kappa shape index (κ2) is 6.24. The molecule has 1 saturated carbocycles. The summed E-state index contributed by atoms with van der Waals surface area (Å²) >= 11 is 0. The molecule has 1 aromatic carbocycles. The van der Waals surface area contributed by atoms with Gasteiger partial charge in [-0.1, -0.05) is 30.3 Å². The van der Waals surface area contributed by atoms with E-state index in [2.05, 4.69) is 57.0 Å². The molecular weight excluding hydrogens is 332 g/mol. The van der Waals surface area contributed by atoms with Gasteiger partial charge in [-0.2, -0.15) is 0 Å². The molecule has 0 bridgehead atoms. The second-order valence-corrected chi connectivity index (χ2v) is 7.86. The molecule has 2 fully saturated rings. The highest BCUT2D eigenvalue weighted by Crippen LogP contribution is 2.52. The van der Waals surface area contributed by atoms with Crippen LogP contribution in [0.4, 0.5) is 5.95 Å². The van der Waals surface area contributed by atoms with Gasteiger partial charge < -0.3 is 4.90 Å². The van der Waals surface area contributed by atoms with Crippen LogP contribution in [0.2, 0.25) is 0 Å². The number of rotatable bonds is 3. The van der Waals surface area contributed by atoms with E-state index in [9.17, 15) is 4.21 Å². The second-order valence-electron chi connectivity index (χ2n) is 6.17. The summed E-state index contributed by atoms with van der Waals surface area (Å²) in [6.45, 7) is 1.61. The van der Waals surface area contributed by atoms with E-state index in [-0.39, 0.29) is 17.8 Å². The van der Waals surface area contributed by atoms with Gasteiger partial charge in [-0.05, 0) is 18.4 Å². The van der Waals surface area contributed by atoms with Crippen LogP contribution in [0.15, 0.2) is 30.3 Å². The van der Waals surface area contributed by atoms with Crippen LogP contribution in [0.1, 0.15) is 24.2 Å². The Kier molecular flexibility index (Phi) is 4.47. The number of hydrogen-bond donors (Lipinski definition) is 0. The molecule has 1 aromatic heterocycles. The third kappa shape index (κ3) is 2.78. The maximum atomic E-state index is 11.5. The fraction of sp³-hybridized carbons (Fsp3) is 0.500. The predicted molar refractivity (Wildman–Crippen MR) is 94.8 cm³/mol. The molecule has 1 saturated heterocycles. The van der Waals surface area contributed by atoms with E-state index in [1.165, 1.54) is 5.56 Å². The molecule has 0 N–H and O–H groups in total. The van der Waals surface area contributed by atoms with Crippen molar-refractivity contribution in [2.24, 2.45) is 7.05 Å².